The normalized spacial score (nSPS) is 21.2. The highest BCUT2D eigenvalue weighted by Crippen LogP contribution is 2.27. The molecular weight excluding hydrogens is 408 g/mol. The van der Waals surface area contributed by atoms with Crippen LogP contribution in [0.15, 0.2) is 18.2 Å². The number of methoxy groups -OCH3 is 2. The predicted octanol–water partition coefficient (Wildman–Crippen LogP) is 1.84. The molecule has 2 aliphatic rings. The first-order valence-corrected chi connectivity index (χ1v) is 9.26. The van der Waals surface area contributed by atoms with Crippen molar-refractivity contribution < 1.29 is 27.8 Å². The minimum Gasteiger partial charge on any atom is -0.497 e. The van der Waals surface area contributed by atoms with Gasteiger partial charge in [0.05, 0.1) is 32.4 Å². The fourth-order valence-corrected chi connectivity index (χ4v) is 3.58. The third-order valence-electron chi connectivity index (χ3n) is 5.19. The topological polar surface area (TPSA) is 79.9 Å². The zero-order valence-corrected chi connectivity index (χ0v) is 17.2. The van der Waals surface area contributed by atoms with Gasteiger partial charge in [-0.05, 0) is 25.0 Å². The van der Waals surface area contributed by atoms with Crippen molar-refractivity contribution in [2.75, 3.05) is 33.9 Å². The van der Waals surface area contributed by atoms with E-state index in [4.69, 9.17) is 9.47 Å². The number of likely N-dealkylation sites (tertiary alicyclic amines) is 1. The lowest BCUT2D eigenvalue weighted by Crippen LogP contribution is -2.50. The fourth-order valence-electron chi connectivity index (χ4n) is 3.58. The molecule has 1 unspecified atom stereocenters. The van der Waals surface area contributed by atoms with Crippen molar-refractivity contribution in [3.8, 4) is 11.5 Å². The van der Waals surface area contributed by atoms with Gasteiger partial charge in [0.2, 0.25) is 5.91 Å². The van der Waals surface area contributed by atoms with Gasteiger partial charge in [0.25, 0.3) is 11.8 Å². The molecule has 29 heavy (non-hydrogen) atoms. The van der Waals surface area contributed by atoms with E-state index in [0.717, 1.165) is 0 Å². The quantitative estimate of drug-likeness (QED) is 0.740. The standard InChI is InChI=1S/C19H25F2N3O4.ClH/c1-27-13-3-4-14(16(9-13)28-2)18(26)24-7-5-12(6-8-24)23-17(25)15-10-19(20,21)11-22-15;/h3-4,9,12,15,22H,5-8,10-11H2,1-2H3,(H,23,25);1H. The number of rotatable bonds is 5. The Bertz CT molecular complexity index is 742. The Hall–Kier alpha value is -2.13. The van der Waals surface area contributed by atoms with Gasteiger partial charge in [-0.3, -0.25) is 14.9 Å². The Morgan fingerprint density at radius 2 is 1.90 bits per heavy atom. The van der Waals surface area contributed by atoms with Crippen molar-refractivity contribution in [3.05, 3.63) is 23.8 Å². The third kappa shape index (κ3) is 5.48. The summed E-state index contributed by atoms with van der Waals surface area (Å²) in [4.78, 5) is 26.7. The average molecular weight is 434 g/mol. The van der Waals surface area contributed by atoms with Gasteiger partial charge in [-0.15, -0.1) is 12.4 Å². The van der Waals surface area contributed by atoms with Gasteiger partial charge in [-0.25, -0.2) is 8.78 Å². The van der Waals surface area contributed by atoms with Crippen molar-refractivity contribution in [1.29, 1.82) is 0 Å². The molecule has 0 spiro atoms. The molecule has 0 radical (unpaired) electrons. The van der Waals surface area contributed by atoms with Gasteiger partial charge in [0, 0.05) is 31.6 Å². The maximum Gasteiger partial charge on any atom is 0.262 e. The summed E-state index contributed by atoms with van der Waals surface area (Å²) in [5, 5.41) is 5.38. The monoisotopic (exact) mass is 433 g/mol. The van der Waals surface area contributed by atoms with Crippen LogP contribution in [0.25, 0.3) is 0 Å². The summed E-state index contributed by atoms with van der Waals surface area (Å²) in [5.74, 6) is -2.36. The van der Waals surface area contributed by atoms with Crippen LogP contribution in [0.4, 0.5) is 8.78 Å². The second-order valence-corrected chi connectivity index (χ2v) is 7.13. The van der Waals surface area contributed by atoms with E-state index in [1.54, 1.807) is 23.1 Å². The Morgan fingerprint density at radius 1 is 1.21 bits per heavy atom. The predicted molar refractivity (Wildman–Crippen MR) is 105 cm³/mol. The Labute approximate surface area is 174 Å². The molecule has 1 atom stereocenters. The van der Waals surface area contributed by atoms with Crippen LogP contribution >= 0.6 is 12.4 Å². The highest BCUT2D eigenvalue weighted by molar-refractivity contribution is 5.97. The van der Waals surface area contributed by atoms with E-state index in [0.29, 0.717) is 43.0 Å². The zero-order chi connectivity index (χ0) is 20.3. The molecule has 1 aromatic rings. The van der Waals surface area contributed by atoms with Crippen LogP contribution in [-0.4, -0.2) is 68.6 Å². The third-order valence-corrected chi connectivity index (χ3v) is 5.19. The molecule has 2 heterocycles. The summed E-state index contributed by atoms with van der Waals surface area (Å²) in [7, 11) is 3.03. The zero-order valence-electron chi connectivity index (χ0n) is 16.4. The second kappa shape index (κ2) is 9.58. The number of amides is 2. The number of ether oxygens (including phenoxy) is 2. The Balaban J connectivity index is 0.00000300. The SMILES string of the molecule is COc1ccc(C(=O)N2CCC(NC(=O)C3CC(F)(F)CN3)CC2)c(OC)c1.Cl. The first kappa shape index (κ1) is 23.2. The smallest absolute Gasteiger partial charge is 0.262 e. The molecular formula is C19H26ClF2N3O4. The first-order chi connectivity index (χ1) is 13.3. The van der Waals surface area contributed by atoms with Crippen LogP contribution < -0.4 is 20.1 Å². The van der Waals surface area contributed by atoms with E-state index < -0.39 is 30.8 Å². The maximum atomic E-state index is 13.2. The number of alkyl halides is 2. The number of benzene rings is 1. The first-order valence-electron chi connectivity index (χ1n) is 9.26. The summed E-state index contributed by atoms with van der Waals surface area (Å²) < 4.78 is 36.9. The highest BCUT2D eigenvalue weighted by atomic mass is 35.5. The number of halogens is 3. The molecule has 3 rings (SSSR count). The van der Waals surface area contributed by atoms with Crippen molar-refractivity contribution in [3.63, 3.8) is 0 Å². The molecule has 2 N–H and O–H groups in total. The highest BCUT2D eigenvalue weighted by Gasteiger charge is 2.42. The molecule has 162 valence electrons. The summed E-state index contributed by atoms with van der Waals surface area (Å²) in [6.07, 6.45) is 0.658. The average Bonchev–Trinajstić information content (AvgIpc) is 3.07. The number of piperidine rings is 1. The maximum absolute atomic E-state index is 13.2. The number of carbonyl (C=O) groups is 2. The van der Waals surface area contributed by atoms with Crippen LogP contribution in [0, 0.1) is 0 Å². The van der Waals surface area contributed by atoms with Crippen molar-refractivity contribution in [1.82, 2.24) is 15.5 Å². The number of hydrogen-bond acceptors (Lipinski definition) is 5. The van der Waals surface area contributed by atoms with E-state index >= 15 is 0 Å². The van der Waals surface area contributed by atoms with Gasteiger partial charge in [0.15, 0.2) is 0 Å². The molecule has 2 saturated heterocycles. The van der Waals surface area contributed by atoms with Crippen LogP contribution in [0.1, 0.15) is 29.6 Å². The van der Waals surface area contributed by atoms with E-state index in [1.807, 2.05) is 0 Å². The largest absolute Gasteiger partial charge is 0.497 e. The summed E-state index contributed by atoms with van der Waals surface area (Å²) in [6, 6.07) is 4.03. The minimum atomic E-state index is -2.84. The molecule has 0 saturated carbocycles. The van der Waals surface area contributed by atoms with Crippen molar-refractivity contribution in [2.24, 2.45) is 0 Å². The number of hydrogen-bond donors (Lipinski definition) is 2. The molecule has 0 aromatic heterocycles. The van der Waals surface area contributed by atoms with Crippen molar-refractivity contribution in [2.45, 2.75) is 37.3 Å². The summed E-state index contributed by atoms with van der Waals surface area (Å²) in [6.45, 7) is 0.460. The van der Waals surface area contributed by atoms with Gasteiger partial charge in [0.1, 0.15) is 11.5 Å². The van der Waals surface area contributed by atoms with Crippen LogP contribution in [0.5, 0.6) is 11.5 Å². The molecule has 0 aliphatic carbocycles. The lowest BCUT2D eigenvalue weighted by atomic mass is 10.0. The Morgan fingerprint density at radius 3 is 2.45 bits per heavy atom. The number of carbonyl (C=O) groups excluding carboxylic acids is 2. The number of nitrogens with one attached hydrogen (secondary N) is 2. The summed E-state index contributed by atoms with van der Waals surface area (Å²) >= 11 is 0. The number of nitrogens with zero attached hydrogens (tertiary/aromatic N) is 1. The molecule has 2 fully saturated rings. The van der Waals surface area contributed by atoms with Crippen LogP contribution in [0.3, 0.4) is 0 Å². The van der Waals surface area contributed by atoms with E-state index in [2.05, 4.69) is 10.6 Å². The van der Waals surface area contributed by atoms with Gasteiger partial charge in [-0.1, -0.05) is 0 Å². The summed E-state index contributed by atoms with van der Waals surface area (Å²) in [5.41, 5.74) is 0.447. The molecule has 10 heteroatoms. The minimum absolute atomic E-state index is 0. The van der Waals surface area contributed by atoms with Crippen LogP contribution in [-0.2, 0) is 4.79 Å². The fraction of sp³-hybridized carbons (Fsp3) is 0.579. The molecule has 1 aromatic carbocycles. The molecule has 2 amide bonds. The lowest BCUT2D eigenvalue weighted by molar-refractivity contribution is -0.124. The molecule has 2 aliphatic heterocycles. The second-order valence-electron chi connectivity index (χ2n) is 7.13. The van der Waals surface area contributed by atoms with E-state index in [1.165, 1.54) is 14.2 Å². The van der Waals surface area contributed by atoms with Crippen molar-refractivity contribution >= 4 is 24.2 Å². The van der Waals surface area contributed by atoms with E-state index in [-0.39, 0.29) is 24.4 Å². The lowest BCUT2D eigenvalue weighted by Gasteiger charge is -2.33. The van der Waals surface area contributed by atoms with Gasteiger partial charge in [-0.2, -0.15) is 0 Å². The molecule has 0 bridgehead atoms. The van der Waals surface area contributed by atoms with Gasteiger partial charge < -0.3 is 19.7 Å². The van der Waals surface area contributed by atoms with E-state index in [9.17, 15) is 18.4 Å². The van der Waals surface area contributed by atoms with Gasteiger partial charge >= 0.3 is 0 Å². The Kier molecular flexibility index (Phi) is 7.65. The van der Waals surface area contributed by atoms with Crippen LogP contribution in [0.2, 0.25) is 0 Å². The molecule has 7 nitrogen and oxygen atoms in total.